The fraction of sp³-hybridized carbons (Fsp3) is 0.450. The smallest absolute Gasteiger partial charge is 0.311 e. The molecule has 0 spiro atoms. The van der Waals surface area contributed by atoms with E-state index in [0.29, 0.717) is 29.0 Å². The van der Waals surface area contributed by atoms with Gasteiger partial charge in [0.1, 0.15) is 5.82 Å². The maximum absolute atomic E-state index is 13.2. The first-order chi connectivity index (χ1) is 14.4. The summed E-state index contributed by atoms with van der Waals surface area (Å²) >= 11 is 7.39. The minimum absolute atomic E-state index is 0.0975. The fourth-order valence-electron chi connectivity index (χ4n) is 3.16. The van der Waals surface area contributed by atoms with Crippen LogP contribution in [0.5, 0.6) is 0 Å². The summed E-state index contributed by atoms with van der Waals surface area (Å²) in [5, 5.41) is 5.44. The highest BCUT2D eigenvalue weighted by Gasteiger charge is 2.20. The molecule has 1 amide bonds. The number of piperazine rings is 1. The van der Waals surface area contributed by atoms with E-state index in [4.69, 9.17) is 16.3 Å². The van der Waals surface area contributed by atoms with E-state index >= 15 is 0 Å². The van der Waals surface area contributed by atoms with Gasteiger partial charge in [-0.3, -0.25) is 19.4 Å². The summed E-state index contributed by atoms with van der Waals surface area (Å²) in [5.41, 5.74) is 1.48. The number of nitrogens with zero attached hydrogens (tertiary/aromatic N) is 3. The second kappa shape index (κ2) is 10.8. The van der Waals surface area contributed by atoms with E-state index in [9.17, 15) is 14.0 Å². The summed E-state index contributed by atoms with van der Waals surface area (Å²) in [5.74, 6) is -0.810. The number of carbonyl (C=O) groups is 2. The molecule has 0 saturated carbocycles. The molecule has 0 radical (unpaired) electrons. The van der Waals surface area contributed by atoms with Crippen molar-refractivity contribution in [3.8, 4) is 0 Å². The van der Waals surface area contributed by atoms with Crippen LogP contribution < -0.4 is 5.32 Å². The molecule has 30 heavy (non-hydrogen) atoms. The van der Waals surface area contributed by atoms with Crippen LogP contribution in [-0.2, 0) is 27.3 Å². The first-order valence-electron chi connectivity index (χ1n) is 9.71. The van der Waals surface area contributed by atoms with Gasteiger partial charge in [0, 0.05) is 43.1 Å². The zero-order chi connectivity index (χ0) is 21.5. The van der Waals surface area contributed by atoms with Gasteiger partial charge in [0.05, 0.1) is 25.3 Å². The van der Waals surface area contributed by atoms with Gasteiger partial charge in [-0.1, -0.05) is 17.7 Å². The molecule has 3 rings (SSSR count). The summed E-state index contributed by atoms with van der Waals surface area (Å²) in [6.45, 7) is 6.10. The maximum Gasteiger partial charge on any atom is 0.311 e. The highest BCUT2D eigenvalue weighted by Crippen LogP contribution is 2.20. The van der Waals surface area contributed by atoms with Crippen molar-refractivity contribution < 1.29 is 18.7 Å². The van der Waals surface area contributed by atoms with Gasteiger partial charge in [-0.15, -0.1) is 11.3 Å². The molecular weight excluding hydrogens is 431 g/mol. The van der Waals surface area contributed by atoms with Crippen LogP contribution in [-0.4, -0.2) is 66.0 Å². The molecule has 0 atom stereocenters. The third kappa shape index (κ3) is 6.73. The Morgan fingerprint density at radius 1 is 1.27 bits per heavy atom. The van der Waals surface area contributed by atoms with Crippen molar-refractivity contribution in [1.29, 1.82) is 0 Å². The first kappa shape index (κ1) is 22.6. The molecule has 1 aliphatic heterocycles. The van der Waals surface area contributed by atoms with E-state index < -0.39 is 0 Å². The first-order valence-corrected chi connectivity index (χ1v) is 11.0. The Bertz CT molecular complexity index is 887. The third-order valence-electron chi connectivity index (χ3n) is 4.67. The molecule has 1 aliphatic rings. The summed E-state index contributed by atoms with van der Waals surface area (Å²) in [4.78, 5) is 32.4. The molecule has 1 N–H and O–H groups in total. The van der Waals surface area contributed by atoms with Gasteiger partial charge in [0.2, 0.25) is 5.91 Å². The fourth-order valence-corrected chi connectivity index (χ4v) is 4.12. The Hall–Kier alpha value is -2.07. The number of rotatable bonds is 8. The molecule has 2 aromatic rings. The lowest BCUT2D eigenvalue weighted by Gasteiger charge is -2.34. The van der Waals surface area contributed by atoms with Gasteiger partial charge >= 0.3 is 5.97 Å². The maximum atomic E-state index is 13.2. The lowest BCUT2D eigenvalue weighted by atomic mass is 10.2. The van der Waals surface area contributed by atoms with E-state index in [2.05, 4.69) is 20.1 Å². The number of nitrogens with one attached hydrogen (secondary N) is 1. The summed E-state index contributed by atoms with van der Waals surface area (Å²) in [6.07, 6.45) is 0.0975. The zero-order valence-electron chi connectivity index (χ0n) is 16.7. The van der Waals surface area contributed by atoms with Gasteiger partial charge in [-0.2, -0.15) is 0 Å². The highest BCUT2D eigenvalue weighted by atomic mass is 35.5. The minimum Gasteiger partial charge on any atom is -0.466 e. The predicted octanol–water partition coefficient (Wildman–Crippen LogP) is 2.80. The van der Waals surface area contributed by atoms with Gasteiger partial charge in [0.25, 0.3) is 0 Å². The normalized spacial score (nSPS) is 15.2. The average Bonchev–Trinajstić information content (AvgIpc) is 3.12. The number of esters is 1. The van der Waals surface area contributed by atoms with Crippen molar-refractivity contribution >= 4 is 39.9 Å². The molecule has 0 unspecified atom stereocenters. The second-order valence-electron chi connectivity index (χ2n) is 6.96. The van der Waals surface area contributed by atoms with Crippen molar-refractivity contribution in [2.75, 3.05) is 44.6 Å². The zero-order valence-corrected chi connectivity index (χ0v) is 18.3. The number of aromatic nitrogens is 1. The molecule has 0 aliphatic carbocycles. The molecule has 2 heterocycles. The van der Waals surface area contributed by atoms with Crippen LogP contribution in [0.15, 0.2) is 23.6 Å². The van der Waals surface area contributed by atoms with Crippen LogP contribution in [0.4, 0.5) is 9.52 Å². The second-order valence-corrected chi connectivity index (χ2v) is 8.23. The Labute approximate surface area is 183 Å². The summed E-state index contributed by atoms with van der Waals surface area (Å²) in [6, 6.07) is 4.45. The number of halogens is 2. The molecule has 1 aromatic carbocycles. The van der Waals surface area contributed by atoms with Crippen LogP contribution in [0.25, 0.3) is 0 Å². The van der Waals surface area contributed by atoms with Crippen LogP contribution in [0.3, 0.4) is 0 Å². The lowest BCUT2D eigenvalue weighted by molar-refractivity contribution is -0.142. The van der Waals surface area contributed by atoms with E-state index in [-0.39, 0.29) is 30.7 Å². The van der Waals surface area contributed by atoms with Crippen molar-refractivity contribution in [2.24, 2.45) is 0 Å². The number of hydrogen-bond donors (Lipinski definition) is 1. The van der Waals surface area contributed by atoms with Gasteiger partial charge in [0.15, 0.2) is 5.13 Å². The number of hydrogen-bond acceptors (Lipinski definition) is 7. The Morgan fingerprint density at radius 3 is 2.70 bits per heavy atom. The highest BCUT2D eigenvalue weighted by molar-refractivity contribution is 7.13. The Morgan fingerprint density at radius 2 is 2.00 bits per heavy atom. The number of carbonyl (C=O) groups excluding carboxylic acids is 2. The van der Waals surface area contributed by atoms with Crippen molar-refractivity contribution in [3.63, 3.8) is 0 Å². The standard InChI is InChI=1S/C20H24ClFN4O3S/c1-2-29-19(28)10-16-13-30-20(23-16)24-18(27)12-26-7-5-25(6-8-26)11-14-3-4-15(22)9-17(14)21/h3-4,9,13H,2,5-8,10-12H2,1H3,(H,23,24,27). The molecule has 10 heteroatoms. The summed E-state index contributed by atoms with van der Waals surface area (Å²) in [7, 11) is 0. The van der Waals surface area contributed by atoms with Crippen LogP contribution >= 0.6 is 22.9 Å². The molecule has 162 valence electrons. The molecule has 1 saturated heterocycles. The van der Waals surface area contributed by atoms with Crippen molar-refractivity contribution in [1.82, 2.24) is 14.8 Å². The van der Waals surface area contributed by atoms with E-state index in [0.717, 1.165) is 31.7 Å². The lowest BCUT2D eigenvalue weighted by Crippen LogP contribution is -2.48. The predicted molar refractivity (Wildman–Crippen MR) is 114 cm³/mol. The largest absolute Gasteiger partial charge is 0.466 e. The van der Waals surface area contributed by atoms with Crippen LogP contribution in [0, 0.1) is 5.82 Å². The number of thiazole rings is 1. The van der Waals surface area contributed by atoms with E-state index in [1.807, 2.05) is 0 Å². The molecule has 0 bridgehead atoms. The van der Waals surface area contributed by atoms with Gasteiger partial charge in [-0.25, -0.2) is 9.37 Å². The monoisotopic (exact) mass is 454 g/mol. The topological polar surface area (TPSA) is 74.8 Å². The number of benzene rings is 1. The van der Waals surface area contributed by atoms with Crippen molar-refractivity contribution in [2.45, 2.75) is 19.9 Å². The van der Waals surface area contributed by atoms with Gasteiger partial charge in [-0.05, 0) is 24.6 Å². The Kier molecular flexibility index (Phi) is 8.15. The van der Waals surface area contributed by atoms with Crippen LogP contribution in [0.1, 0.15) is 18.2 Å². The van der Waals surface area contributed by atoms with Crippen molar-refractivity contribution in [3.05, 3.63) is 45.7 Å². The molecular formula is C20H24ClFN4O3S. The number of ether oxygens (including phenoxy) is 1. The van der Waals surface area contributed by atoms with E-state index in [1.54, 1.807) is 18.4 Å². The quantitative estimate of drug-likeness (QED) is 0.618. The van der Waals surface area contributed by atoms with E-state index in [1.165, 1.54) is 23.5 Å². The molecule has 7 nitrogen and oxygen atoms in total. The summed E-state index contributed by atoms with van der Waals surface area (Å²) < 4.78 is 18.1. The van der Waals surface area contributed by atoms with Gasteiger partial charge < -0.3 is 10.1 Å². The number of amides is 1. The Balaban J connectivity index is 1.41. The average molecular weight is 455 g/mol. The van der Waals surface area contributed by atoms with Crippen LogP contribution in [0.2, 0.25) is 5.02 Å². The number of anilines is 1. The molecule has 1 fully saturated rings. The minimum atomic E-state index is -0.340. The molecule has 1 aromatic heterocycles. The SMILES string of the molecule is CCOC(=O)Cc1csc(NC(=O)CN2CCN(Cc3ccc(F)cc3Cl)CC2)n1. The third-order valence-corrected chi connectivity index (χ3v) is 5.83.